The van der Waals surface area contributed by atoms with Gasteiger partial charge in [0.05, 0.1) is 5.41 Å². The molecule has 1 amide bonds. The van der Waals surface area contributed by atoms with Crippen molar-refractivity contribution >= 4 is 16.7 Å². The lowest BCUT2D eigenvalue weighted by atomic mass is 9.91. The van der Waals surface area contributed by atoms with E-state index in [9.17, 15) is 18.0 Å². The Morgan fingerprint density at radius 3 is 2.36 bits per heavy atom. The van der Waals surface area contributed by atoms with E-state index >= 15 is 0 Å². The Hall–Kier alpha value is -2.08. The van der Waals surface area contributed by atoms with Gasteiger partial charge < -0.3 is 0 Å². The van der Waals surface area contributed by atoms with Gasteiger partial charge in [0.1, 0.15) is 0 Å². The number of aryl methyl sites for hydroxylation is 1. The smallest absolute Gasteiger partial charge is 0.287 e. The number of nitrogens with one attached hydrogen (secondary N) is 1. The van der Waals surface area contributed by atoms with Crippen molar-refractivity contribution in [2.45, 2.75) is 58.7 Å². The summed E-state index contributed by atoms with van der Waals surface area (Å²) in [4.78, 5) is 12.1. The number of halogens is 3. The Bertz CT molecular complexity index is 860. The van der Waals surface area contributed by atoms with Crippen LogP contribution in [0, 0.1) is 5.41 Å². The van der Waals surface area contributed by atoms with Gasteiger partial charge in [-0.05, 0) is 48.6 Å². The van der Waals surface area contributed by atoms with Gasteiger partial charge in [0, 0.05) is 6.54 Å². The average molecular weight is 392 g/mol. The Balaban J connectivity index is 2.07. The summed E-state index contributed by atoms with van der Waals surface area (Å²) in [5.41, 5.74) is 2.83. The molecule has 1 heterocycles. The van der Waals surface area contributed by atoms with E-state index in [0.717, 1.165) is 41.6 Å². The topological polar surface area (TPSA) is 32.3 Å². The van der Waals surface area contributed by atoms with Crippen LogP contribution in [0.15, 0.2) is 36.4 Å². The van der Waals surface area contributed by atoms with E-state index in [1.807, 2.05) is 18.2 Å². The second-order valence-electron chi connectivity index (χ2n) is 8.21. The number of hydrogen-bond donors (Lipinski definition) is 1. The monoisotopic (exact) mass is 392 g/mol. The van der Waals surface area contributed by atoms with Crippen LogP contribution in [-0.4, -0.2) is 23.6 Å². The van der Waals surface area contributed by atoms with Gasteiger partial charge in [-0.2, -0.15) is 13.2 Å². The van der Waals surface area contributed by atoms with E-state index in [1.54, 1.807) is 32.0 Å². The molecule has 2 aromatic carbocycles. The summed E-state index contributed by atoms with van der Waals surface area (Å²) in [7, 11) is 0. The molecule has 0 saturated carbocycles. The molecule has 0 bridgehead atoms. The van der Waals surface area contributed by atoms with E-state index in [-0.39, 0.29) is 18.0 Å². The molecule has 0 aromatic heterocycles. The van der Waals surface area contributed by atoms with E-state index in [0.29, 0.717) is 5.39 Å². The zero-order valence-electron chi connectivity index (χ0n) is 16.6. The van der Waals surface area contributed by atoms with Crippen LogP contribution in [0.5, 0.6) is 0 Å². The lowest BCUT2D eigenvalue weighted by molar-refractivity contribution is -0.191. The third kappa shape index (κ3) is 4.02. The predicted octanol–water partition coefficient (Wildman–Crippen LogP) is 5.55. The number of carbonyl (C=O) groups excluding carboxylic acids is 1. The van der Waals surface area contributed by atoms with Gasteiger partial charge in [0.25, 0.3) is 0 Å². The van der Waals surface area contributed by atoms with Crippen LogP contribution in [0.1, 0.15) is 57.2 Å². The fourth-order valence-corrected chi connectivity index (χ4v) is 3.90. The SMILES string of the molecule is CCCCCc1ccc(C(N2CC(C)(C)C(=O)N2)C(F)(F)F)c2ccccc12. The van der Waals surface area contributed by atoms with Crippen LogP contribution in [0.3, 0.4) is 0 Å². The van der Waals surface area contributed by atoms with Crippen LogP contribution in [-0.2, 0) is 11.2 Å². The summed E-state index contributed by atoms with van der Waals surface area (Å²) in [6.07, 6.45) is -0.468. The molecule has 1 N–H and O–H groups in total. The zero-order chi connectivity index (χ0) is 20.5. The standard InChI is InChI=1S/C22H27F3N2O/c1-4-5-6-9-15-12-13-18(17-11-8-7-10-16(15)17)19(22(23,24)25)27-14-21(2,3)20(28)26-27/h7-8,10-13,19H,4-6,9,14H2,1-3H3,(H,26,28). The summed E-state index contributed by atoms with van der Waals surface area (Å²) < 4.78 is 42.4. The molecular weight excluding hydrogens is 365 g/mol. The van der Waals surface area contributed by atoms with Crippen molar-refractivity contribution in [2.75, 3.05) is 6.54 Å². The summed E-state index contributed by atoms with van der Waals surface area (Å²) in [6, 6.07) is 8.78. The number of benzene rings is 2. The molecule has 1 unspecified atom stereocenters. The van der Waals surface area contributed by atoms with Crippen LogP contribution in [0.25, 0.3) is 10.8 Å². The average Bonchev–Trinajstić information content (AvgIpc) is 2.88. The molecule has 0 aliphatic carbocycles. The first-order valence-electron chi connectivity index (χ1n) is 9.80. The fraction of sp³-hybridized carbons (Fsp3) is 0.500. The maximum absolute atomic E-state index is 14.1. The number of nitrogens with zero attached hydrogens (tertiary/aromatic N) is 1. The number of amides is 1. The van der Waals surface area contributed by atoms with Crippen molar-refractivity contribution < 1.29 is 18.0 Å². The quantitative estimate of drug-likeness (QED) is 0.654. The summed E-state index contributed by atoms with van der Waals surface area (Å²) in [5, 5.41) is 2.49. The minimum absolute atomic E-state index is 0.00257. The van der Waals surface area contributed by atoms with Gasteiger partial charge in [-0.1, -0.05) is 56.2 Å². The Morgan fingerprint density at radius 1 is 1.11 bits per heavy atom. The highest BCUT2D eigenvalue weighted by Crippen LogP contribution is 2.43. The molecule has 1 aliphatic rings. The molecule has 3 rings (SSSR count). The molecule has 0 radical (unpaired) electrons. The van der Waals surface area contributed by atoms with Crippen LogP contribution in [0.2, 0.25) is 0 Å². The van der Waals surface area contributed by atoms with Gasteiger partial charge in [-0.25, -0.2) is 5.01 Å². The maximum atomic E-state index is 14.1. The first kappa shape index (κ1) is 20.6. The molecular formula is C22H27F3N2O. The normalized spacial score (nSPS) is 18.4. The maximum Gasteiger partial charge on any atom is 0.409 e. The van der Waals surface area contributed by atoms with Gasteiger partial charge in [0.2, 0.25) is 5.91 Å². The Morgan fingerprint density at radius 2 is 1.79 bits per heavy atom. The molecule has 1 fully saturated rings. The number of carbonyl (C=O) groups is 1. The van der Waals surface area contributed by atoms with E-state index < -0.39 is 17.6 Å². The van der Waals surface area contributed by atoms with Crippen LogP contribution >= 0.6 is 0 Å². The first-order chi connectivity index (χ1) is 13.1. The Kier molecular flexibility index (Phi) is 5.71. The van der Waals surface area contributed by atoms with Crippen molar-refractivity contribution in [3.63, 3.8) is 0 Å². The number of alkyl halides is 3. The molecule has 6 heteroatoms. The predicted molar refractivity (Wildman–Crippen MR) is 105 cm³/mol. The number of fused-ring (bicyclic) bond motifs is 1. The van der Waals surface area contributed by atoms with Crippen molar-refractivity contribution in [3.8, 4) is 0 Å². The molecule has 3 nitrogen and oxygen atoms in total. The molecule has 2 aromatic rings. The van der Waals surface area contributed by atoms with Crippen LogP contribution < -0.4 is 5.43 Å². The van der Waals surface area contributed by atoms with Crippen molar-refractivity contribution in [1.82, 2.24) is 10.4 Å². The molecule has 0 spiro atoms. The molecule has 1 aliphatic heterocycles. The van der Waals surface area contributed by atoms with E-state index in [1.165, 1.54) is 0 Å². The largest absolute Gasteiger partial charge is 0.409 e. The second kappa shape index (κ2) is 7.74. The zero-order valence-corrected chi connectivity index (χ0v) is 16.6. The number of rotatable bonds is 6. The number of hydrazine groups is 1. The lowest BCUT2D eigenvalue weighted by Gasteiger charge is -2.31. The number of hydrogen-bond acceptors (Lipinski definition) is 2. The molecule has 1 atom stereocenters. The molecule has 28 heavy (non-hydrogen) atoms. The van der Waals surface area contributed by atoms with Crippen molar-refractivity contribution in [1.29, 1.82) is 0 Å². The summed E-state index contributed by atoms with van der Waals surface area (Å²) in [5.74, 6) is -0.387. The first-order valence-corrected chi connectivity index (χ1v) is 9.80. The number of unbranched alkanes of at least 4 members (excludes halogenated alkanes) is 2. The minimum atomic E-state index is -4.51. The molecule has 1 saturated heterocycles. The summed E-state index contributed by atoms with van der Waals surface area (Å²) in [6.45, 7) is 5.44. The van der Waals surface area contributed by atoms with Crippen molar-refractivity contribution in [3.05, 3.63) is 47.5 Å². The van der Waals surface area contributed by atoms with Crippen molar-refractivity contribution in [2.24, 2.45) is 5.41 Å². The second-order valence-corrected chi connectivity index (χ2v) is 8.21. The lowest BCUT2D eigenvalue weighted by Crippen LogP contribution is -2.43. The highest BCUT2D eigenvalue weighted by atomic mass is 19.4. The van der Waals surface area contributed by atoms with Gasteiger partial charge in [-0.15, -0.1) is 0 Å². The third-order valence-electron chi connectivity index (χ3n) is 5.44. The minimum Gasteiger partial charge on any atom is -0.287 e. The fourth-order valence-electron chi connectivity index (χ4n) is 3.90. The molecule has 152 valence electrons. The van der Waals surface area contributed by atoms with Gasteiger partial charge in [0.15, 0.2) is 6.04 Å². The third-order valence-corrected chi connectivity index (χ3v) is 5.44. The highest BCUT2D eigenvalue weighted by molar-refractivity contribution is 5.89. The Labute approximate surface area is 163 Å². The van der Waals surface area contributed by atoms with Gasteiger partial charge in [-0.3, -0.25) is 10.2 Å². The highest BCUT2D eigenvalue weighted by Gasteiger charge is 2.51. The van der Waals surface area contributed by atoms with Crippen LogP contribution in [0.4, 0.5) is 13.2 Å². The summed E-state index contributed by atoms with van der Waals surface area (Å²) >= 11 is 0. The van der Waals surface area contributed by atoms with Gasteiger partial charge >= 0.3 is 6.18 Å². The van der Waals surface area contributed by atoms with E-state index in [2.05, 4.69) is 12.3 Å². The van der Waals surface area contributed by atoms with E-state index in [4.69, 9.17) is 0 Å².